The van der Waals surface area contributed by atoms with Gasteiger partial charge in [-0.2, -0.15) is 0 Å². The van der Waals surface area contributed by atoms with E-state index < -0.39 is 13.9 Å². The summed E-state index contributed by atoms with van der Waals surface area (Å²) in [6.07, 6.45) is 10.4. The lowest BCUT2D eigenvalue weighted by Crippen LogP contribution is -2.24. The fourth-order valence-corrected chi connectivity index (χ4v) is 3.22. The van der Waals surface area contributed by atoms with Gasteiger partial charge in [-0.15, -0.1) is 0 Å². The first kappa shape index (κ1) is 30.2. The number of phosphoric ester groups is 1. The number of hydrogen-bond acceptors (Lipinski definition) is 6. The Morgan fingerprint density at radius 3 is 2.16 bits per heavy atom. The average Bonchev–Trinajstić information content (AvgIpc) is 2.66. The first-order valence-corrected chi connectivity index (χ1v) is 12.4. The predicted octanol–water partition coefficient (Wildman–Crippen LogP) is 5.13. The molecule has 2 atom stereocenters. The number of phosphoric acid groups is 1. The van der Waals surface area contributed by atoms with Crippen LogP contribution in [0, 0.1) is 0 Å². The van der Waals surface area contributed by atoms with Gasteiger partial charge >= 0.3 is 7.82 Å². The highest BCUT2D eigenvalue weighted by Gasteiger charge is 2.23. The van der Waals surface area contributed by atoms with Crippen molar-refractivity contribution in [1.29, 1.82) is 0 Å². The summed E-state index contributed by atoms with van der Waals surface area (Å²) in [6.45, 7) is 9.84. The molecule has 0 heterocycles. The molecular weight excluding hydrogens is 417 g/mol. The molecule has 31 heavy (non-hydrogen) atoms. The second-order valence-corrected chi connectivity index (χ2v) is 9.71. The third-order valence-electron chi connectivity index (χ3n) is 4.53. The van der Waals surface area contributed by atoms with E-state index in [1.165, 1.54) is 23.8 Å². The van der Waals surface area contributed by atoms with E-state index in [2.05, 4.69) is 45.9 Å². The van der Waals surface area contributed by atoms with Crippen LogP contribution < -0.4 is 0 Å². The Morgan fingerprint density at radius 2 is 1.58 bits per heavy atom. The van der Waals surface area contributed by atoms with Gasteiger partial charge in [0.15, 0.2) is 0 Å². The molecule has 0 rings (SSSR count). The molecule has 0 spiro atoms. The molecule has 0 aliphatic carbocycles. The van der Waals surface area contributed by atoms with Gasteiger partial charge in [0, 0.05) is 13.7 Å². The summed E-state index contributed by atoms with van der Waals surface area (Å²) in [5, 5.41) is 0. The summed E-state index contributed by atoms with van der Waals surface area (Å²) in [7, 11) is 1.13. The lowest BCUT2D eigenvalue weighted by molar-refractivity contribution is -0.0156. The van der Waals surface area contributed by atoms with E-state index in [0.29, 0.717) is 13.2 Å². The molecule has 0 aliphatic heterocycles. The molecule has 0 saturated carbocycles. The van der Waals surface area contributed by atoms with Gasteiger partial charge in [0.05, 0.1) is 26.4 Å². The Kier molecular flexibility index (Phi) is 17.3. The number of methoxy groups -OCH3 is 1. The highest BCUT2D eigenvalue weighted by atomic mass is 31.2. The zero-order valence-corrected chi connectivity index (χ0v) is 21.5. The molecule has 2 unspecified atom stereocenters. The maximum atomic E-state index is 11.9. The quantitative estimate of drug-likeness (QED) is 0.172. The van der Waals surface area contributed by atoms with Crippen LogP contribution >= 0.6 is 7.82 Å². The number of likely N-dealkylation sites (N-methyl/N-ethyl adjacent to an activating group) is 1. The number of hydrogen-bond donors (Lipinski definition) is 1. The maximum Gasteiger partial charge on any atom is 0.472 e. The first-order valence-electron chi connectivity index (χ1n) is 10.9. The molecule has 182 valence electrons. The van der Waals surface area contributed by atoms with Gasteiger partial charge in [0.2, 0.25) is 0 Å². The van der Waals surface area contributed by atoms with E-state index in [9.17, 15) is 9.46 Å². The summed E-state index contributed by atoms with van der Waals surface area (Å²) in [5.74, 6) is 0. The molecule has 0 amide bonds. The minimum Gasteiger partial charge on any atom is -0.377 e. The van der Waals surface area contributed by atoms with Crippen LogP contribution in [0.3, 0.4) is 0 Å². The largest absolute Gasteiger partial charge is 0.472 e. The topological polar surface area (TPSA) is 77.5 Å². The molecule has 0 aliphatic rings. The fraction of sp³-hybridized carbons (Fsp3) is 0.739. The van der Waals surface area contributed by atoms with Crippen LogP contribution in [-0.4, -0.2) is 70.1 Å². The van der Waals surface area contributed by atoms with Crippen molar-refractivity contribution in [2.24, 2.45) is 0 Å². The van der Waals surface area contributed by atoms with Crippen molar-refractivity contribution in [1.82, 2.24) is 4.90 Å². The fourth-order valence-electron chi connectivity index (χ4n) is 2.48. The molecule has 0 aromatic carbocycles. The summed E-state index contributed by atoms with van der Waals surface area (Å²) in [6, 6.07) is 0. The Balaban J connectivity index is 4.10. The van der Waals surface area contributed by atoms with E-state index >= 15 is 0 Å². The Bertz CT molecular complexity index is 611. The molecule has 8 heteroatoms. The summed E-state index contributed by atoms with van der Waals surface area (Å²) in [4.78, 5) is 11.5. The smallest absolute Gasteiger partial charge is 0.377 e. The molecule has 0 bridgehead atoms. The van der Waals surface area contributed by atoms with E-state index in [1.807, 2.05) is 19.0 Å². The van der Waals surface area contributed by atoms with Gasteiger partial charge < -0.3 is 19.3 Å². The zero-order chi connectivity index (χ0) is 23.7. The van der Waals surface area contributed by atoms with Crippen LogP contribution in [0.4, 0.5) is 0 Å². The van der Waals surface area contributed by atoms with Gasteiger partial charge in [0.1, 0.15) is 6.10 Å². The summed E-state index contributed by atoms with van der Waals surface area (Å²) in [5.41, 5.74) is 4.07. The molecule has 0 saturated heterocycles. The number of ether oxygens (including phenoxy) is 2. The molecule has 0 fully saturated rings. The maximum absolute atomic E-state index is 11.9. The van der Waals surface area contributed by atoms with Gasteiger partial charge in [-0.05, 0) is 67.5 Å². The first-order chi connectivity index (χ1) is 14.6. The monoisotopic (exact) mass is 461 g/mol. The number of nitrogens with zero attached hydrogens (tertiary/aromatic N) is 1. The standard InChI is InChI=1S/C23H44NO6P/c1-20(2)10-8-11-21(3)12-9-13-22(4)14-16-28-18-23(27-7)19-30-31(25,26)29-17-15-24(5)6/h10,12,14,23H,8-9,11,13,15-19H2,1-7H3,(H,25,26)/b21-12+,22-14+. The van der Waals surface area contributed by atoms with Crippen LogP contribution in [-0.2, 0) is 23.1 Å². The van der Waals surface area contributed by atoms with Crippen molar-refractivity contribution in [3.05, 3.63) is 34.9 Å². The number of rotatable bonds is 18. The van der Waals surface area contributed by atoms with Crippen molar-refractivity contribution in [2.45, 2.75) is 59.5 Å². The lowest BCUT2D eigenvalue weighted by atomic mass is 10.1. The molecule has 0 aromatic rings. The molecule has 0 aromatic heterocycles. The zero-order valence-electron chi connectivity index (χ0n) is 20.6. The Hall–Kier alpha value is -0.790. The van der Waals surface area contributed by atoms with Gasteiger partial charge in [-0.1, -0.05) is 34.9 Å². The van der Waals surface area contributed by atoms with Crippen LogP contribution in [0.15, 0.2) is 34.9 Å². The second-order valence-electron chi connectivity index (χ2n) is 8.26. The molecular formula is C23H44NO6P. The normalized spacial score (nSPS) is 15.8. The third-order valence-corrected chi connectivity index (χ3v) is 5.51. The van der Waals surface area contributed by atoms with Gasteiger partial charge in [-0.25, -0.2) is 4.57 Å². The van der Waals surface area contributed by atoms with E-state index in [-0.39, 0.29) is 19.8 Å². The second kappa shape index (κ2) is 17.7. The van der Waals surface area contributed by atoms with Gasteiger partial charge in [-0.3, -0.25) is 9.05 Å². The summed E-state index contributed by atoms with van der Waals surface area (Å²) >= 11 is 0. The van der Waals surface area contributed by atoms with Crippen molar-refractivity contribution in [3.8, 4) is 0 Å². The van der Waals surface area contributed by atoms with Crippen LogP contribution in [0.25, 0.3) is 0 Å². The van der Waals surface area contributed by atoms with Crippen LogP contribution in [0.2, 0.25) is 0 Å². The minimum absolute atomic E-state index is 0.0776. The van der Waals surface area contributed by atoms with Crippen molar-refractivity contribution >= 4 is 7.82 Å². The lowest BCUT2D eigenvalue weighted by Gasteiger charge is -2.18. The van der Waals surface area contributed by atoms with Crippen molar-refractivity contribution < 1.29 is 28.0 Å². The molecule has 7 nitrogen and oxygen atoms in total. The number of allylic oxidation sites excluding steroid dienone is 5. The highest BCUT2D eigenvalue weighted by Crippen LogP contribution is 2.43. The minimum atomic E-state index is -4.09. The van der Waals surface area contributed by atoms with Crippen molar-refractivity contribution in [3.63, 3.8) is 0 Å². The Morgan fingerprint density at radius 1 is 0.968 bits per heavy atom. The van der Waals surface area contributed by atoms with Gasteiger partial charge in [0.25, 0.3) is 0 Å². The Labute approximate surface area is 189 Å². The average molecular weight is 462 g/mol. The SMILES string of the molecule is COC(COC/C=C(\C)CC/C=C(\C)CCC=C(C)C)COP(=O)(O)OCCN(C)C. The molecule has 0 radical (unpaired) electrons. The highest BCUT2D eigenvalue weighted by molar-refractivity contribution is 7.47. The van der Waals surface area contributed by atoms with Crippen LogP contribution in [0.5, 0.6) is 0 Å². The van der Waals surface area contributed by atoms with Crippen LogP contribution in [0.1, 0.15) is 53.4 Å². The van der Waals surface area contributed by atoms with E-state index in [1.54, 1.807) is 0 Å². The van der Waals surface area contributed by atoms with E-state index in [4.69, 9.17) is 18.5 Å². The predicted molar refractivity (Wildman–Crippen MR) is 127 cm³/mol. The summed E-state index contributed by atoms with van der Waals surface area (Å²) < 4.78 is 32.6. The third kappa shape index (κ3) is 19.6. The molecule has 1 N–H and O–H groups in total. The van der Waals surface area contributed by atoms with E-state index in [0.717, 1.165) is 25.7 Å². The van der Waals surface area contributed by atoms with Crippen molar-refractivity contribution in [2.75, 3.05) is 54.2 Å².